The van der Waals surface area contributed by atoms with Crippen LogP contribution in [-0.2, 0) is 0 Å². The van der Waals surface area contributed by atoms with Gasteiger partial charge in [0.2, 0.25) is 0 Å². The first-order chi connectivity index (χ1) is 8.58. The van der Waals surface area contributed by atoms with E-state index in [0.717, 1.165) is 24.0 Å². The molecule has 3 nitrogen and oxygen atoms in total. The maximum atomic E-state index is 12.1. The number of halogens is 2. The molecule has 1 fully saturated rings. The van der Waals surface area contributed by atoms with E-state index >= 15 is 0 Å². The highest BCUT2D eigenvalue weighted by molar-refractivity contribution is 9.10. The molecule has 0 radical (unpaired) electrons. The zero-order valence-corrected chi connectivity index (χ0v) is 12.6. The van der Waals surface area contributed by atoms with E-state index in [2.05, 4.69) is 28.2 Å². The van der Waals surface area contributed by atoms with Crippen LogP contribution < -0.4 is 5.32 Å². The fourth-order valence-electron chi connectivity index (χ4n) is 2.17. The van der Waals surface area contributed by atoms with Gasteiger partial charge in [-0.3, -0.25) is 0 Å². The maximum absolute atomic E-state index is 12.1. The summed E-state index contributed by atoms with van der Waals surface area (Å²) in [6.07, 6.45) is 2.27. The average Bonchev–Trinajstić information content (AvgIpc) is 2.35. The van der Waals surface area contributed by atoms with Gasteiger partial charge in [0, 0.05) is 13.1 Å². The number of nitrogens with one attached hydrogen (secondary N) is 1. The Kier molecular flexibility index (Phi) is 4.51. The Labute approximate surface area is 121 Å². The first-order valence-corrected chi connectivity index (χ1v) is 7.25. The normalized spacial score (nSPS) is 19.7. The lowest BCUT2D eigenvalue weighted by Crippen LogP contribution is -2.41. The Morgan fingerprint density at radius 1 is 1.56 bits per heavy atom. The summed E-state index contributed by atoms with van der Waals surface area (Å²) in [6.45, 7) is 3.83. The largest absolute Gasteiger partial charge is 0.324 e. The van der Waals surface area contributed by atoms with Gasteiger partial charge in [-0.25, -0.2) is 4.79 Å². The molecule has 2 rings (SSSR count). The van der Waals surface area contributed by atoms with Crippen molar-refractivity contribution in [2.24, 2.45) is 5.92 Å². The maximum Gasteiger partial charge on any atom is 0.321 e. The van der Waals surface area contributed by atoms with Gasteiger partial charge in [0.15, 0.2) is 0 Å². The van der Waals surface area contributed by atoms with E-state index in [1.165, 1.54) is 6.42 Å². The van der Waals surface area contributed by atoms with Gasteiger partial charge in [-0.05, 0) is 46.8 Å². The molecule has 1 saturated heterocycles. The number of carbonyl (C=O) groups excluding carboxylic acids is 1. The standard InChI is InChI=1S/C13H16BrClN2O/c1-9-4-3-7-17(8-9)13(18)16-11-6-2-5-10(15)12(11)14/h2,5-6,9H,3-4,7-8H2,1H3,(H,16,18). The predicted molar refractivity (Wildman–Crippen MR) is 78.1 cm³/mol. The van der Waals surface area contributed by atoms with Crippen LogP contribution in [-0.4, -0.2) is 24.0 Å². The van der Waals surface area contributed by atoms with Crippen molar-refractivity contribution in [3.63, 3.8) is 0 Å². The molecule has 1 atom stereocenters. The minimum absolute atomic E-state index is 0.0514. The number of nitrogens with zero attached hydrogens (tertiary/aromatic N) is 1. The molecule has 1 aliphatic rings. The number of hydrogen-bond acceptors (Lipinski definition) is 1. The Morgan fingerprint density at radius 2 is 2.33 bits per heavy atom. The number of anilines is 1. The van der Waals surface area contributed by atoms with Gasteiger partial charge in [0.05, 0.1) is 15.2 Å². The monoisotopic (exact) mass is 330 g/mol. The molecule has 1 N–H and O–H groups in total. The van der Waals surface area contributed by atoms with Gasteiger partial charge in [0.25, 0.3) is 0 Å². The Bertz CT molecular complexity index is 453. The van der Waals surface area contributed by atoms with Gasteiger partial charge in [-0.1, -0.05) is 24.6 Å². The molecular weight excluding hydrogens is 316 g/mol. The molecule has 2 amide bonds. The van der Waals surface area contributed by atoms with Crippen LogP contribution in [0.1, 0.15) is 19.8 Å². The van der Waals surface area contributed by atoms with E-state index in [9.17, 15) is 4.79 Å². The summed E-state index contributed by atoms with van der Waals surface area (Å²) >= 11 is 9.37. The number of carbonyl (C=O) groups is 1. The number of rotatable bonds is 1. The van der Waals surface area contributed by atoms with Crippen LogP contribution in [0.25, 0.3) is 0 Å². The summed E-state index contributed by atoms with van der Waals surface area (Å²) < 4.78 is 0.727. The Hall–Kier alpha value is -0.740. The first-order valence-electron chi connectivity index (χ1n) is 6.08. The van der Waals surface area contributed by atoms with Gasteiger partial charge in [-0.15, -0.1) is 0 Å². The molecule has 0 spiro atoms. The second-order valence-electron chi connectivity index (χ2n) is 4.72. The van der Waals surface area contributed by atoms with Crippen LogP contribution in [0.15, 0.2) is 22.7 Å². The van der Waals surface area contributed by atoms with Crippen molar-refractivity contribution in [2.75, 3.05) is 18.4 Å². The summed E-state index contributed by atoms with van der Waals surface area (Å²) in [4.78, 5) is 14.0. The van der Waals surface area contributed by atoms with E-state index in [0.29, 0.717) is 16.6 Å². The summed E-state index contributed by atoms with van der Waals surface area (Å²) in [7, 11) is 0. The molecule has 0 aromatic heterocycles. The van der Waals surface area contributed by atoms with Crippen molar-refractivity contribution in [1.82, 2.24) is 4.90 Å². The highest BCUT2D eigenvalue weighted by Crippen LogP contribution is 2.30. The zero-order chi connectivity index (χ0) is 13.1. The van der Waals surface area contributed by atoms with Gasteiger partial charge >= 0.3 is 6.03 Å². The first kappa shape index (κ1) is 13.7. The van der Waals surface area contributed by atoms with Crippen molar-refractivity contribution >= 4 is 39.2 Å². The lowest BCUT2D eigenvalue weighted by Gasteiger charge is -2.31. The molecule has 1 aromatic rings. The Morgan fingerprint density at radius 3 is 3.06 bits per heavy atom. The fourth-order valence-corrected chi connectivity index (χ4v) is 2.71. The summed E-state index contributed by atoms with van der Waals surface area (Å²) in [5, 5.41) is 3.49. The number of benzene rings is 1. The molecule has 5 heteroatoms. The lowest BCUT2D eigenvalue weighted by atomic mass is 10.0. The van der Waals surface area contributed by atoms with Gasteiger partial charge in [-0.2, -0.15) is 0 Å². The molecule has 0 saturated carbocycles. The van der Waals surface area contributed by atoms with E-state index in [4.69, 9.17) is 11.6 Å². The molecule has 1 aromatic carbocycles. The molecular formula is C13H16BrClN2O. The molecule has 0 bridgehead atoms. The van der Waals surface area contributed by atoms with Crippen LogP contribution in [0.4, 0.5) is 10.5 Å². The van der Waals surface area contributed by atoms with Crippen LogP contribution in [0.3, 0.4) is 0 Å². The second kappa shape index (κ2) is 5.93. The highest BCUT2D eigenvalue weighted by atomic mass is 79.9. The van der Waals surface area contributed by atoms with Crippen molar-refractivity contribution < 1.29 is 4.79 Å². The van der Waals surface area contributed by atoms with Crippen LogP contribution in [0, 0.1) is 5.92 Å². The van der Waals surface area contributed by atoms with E-state index in [-0.39, 0.29) is 6.03 Å². The third kappa shape index (κ3) is 3.18. The van der Waals surface area contributed by atoms with E-state index in [1.807, 2.05) is 17.0 Å². The molecule has 1 heterocycles. The van der Waals surface area contributed by atoms with Crippen LogP contribution >= 0.6 is 27.5 Å². The van der Waals surface area contributed by atoms with Crippen LogP contribution in [0.2, 0.25) is 5.02 Å². The number of hydrogen-bond donors (Lipinski definition) is 1. The van der Waals surface area contributed by atoms with Crippen LogP contribution in [0.5, 0.6) is 0 Å². The van der Waals surface area contributed by atoms with Crippen molar-refractivity contribution in [2.45, 2.75) is 19.8 Å². The Balaban J connectivity index is 2.04. The topological polar surface area (TPSA) is 32.3 Å². The molecule has 0 aliphatic carbocycles. The van der Waals surface area contributed by atoms with Crippen molar-refractivity contribution in [3.05, 3.63) is 27.7 Å². The van der Waals surface area contributed by atoms with E-state index < -0.39 is 0 Å². The molecule has 98 valence electrons. The number of urea groups is 1. The molecule has 18 heavy (non-hydrogen) atoms. The van der Waals surface area contributed by atoms with Crippen molar-refractivity contribution in [1.29, 1.82) is 0 Å². The lowest BCUT2D eigenvalue weighted by molar-refractivity contribution is 0.182. The summed E-state index contributed by atoms with van der Waals surface area (Å²) in [6, 6.07) is 5.39. The number of likely N-dealkylation sites (tertiary alicyclic amines) is 1. The number of piperidine rings is 1. The summed E-state index contributed by atoms with van der Waals surface area (Å²) in [5.41, 5.74) is 0.714. The SMILES string of the molecule is CC1CCCN(C(=O)Nc2cccc(Cl)c2Br)C1. The van der Waals surface area contributed by atoms with Gasteiger partial charge < -0.3 is 10.2 Å². The zero-order valence-electron chi connectivity index (χ0n) is 10.2. The third-order valence-electron chi connectivity index (χ3n) is 3.14. The minimum atomic E-state index is -0.0514. The minimum Gasteiger partial charge on any atom is -0.324 e. The summed E-state index contributed by atoms with van der Waals surface area (Å²) in [5.74, 6) is 0.576. The smallest absolute Gasteiger partial charge is 0.321 e. The molecule has 1 aliphatic heterocycles. The van der Waals surface area contributed by atoms with Crippen molar-refractivity contribution in [3.8, 4) is 0 Å². The van der Waals surface area contributed by atoms with Gasteiger partial charge in [0.1, 0.15) is 0 Å². The van der Waals surface area contributed by atoms with E-state index in [1.54, 1.807) is 6.07 Å². The quantitative estimate of drug-likeness (QED) is 0.814. The third-order valence-corrected chi connectivity index (χ3v) is 4.54. The number of amides is 2. The molecule has 1 unspecified atom stereocenters. The fraction of sp³-hybridized carbons (Fsp3) is 0.462. The average molecular weight is 332 g/mol. The predicted octanol–water partition coefficient (Wildman–Crippen LogP) is 4.37. The second-order valence-corrected chi connectivity index (χ2v) is 5.93. The highest BCUT2D eigenvalue weighted by Gasteiger charge is 2.21.